The Morgan fingerprint density at radius 2 is 1.81 bits per heavy atom. The molecule has 0 bridgehead atoms. The summed E-state index contributed by atoms with van der Waals surface area (Å²) in [4.78, 5) is 1.14. The monoisotopic (exact) mass is 378 g/mol. The van der Waals surface area contributed by atoms with Crippen LogP contribution in [0.2, 0.25) is 0 Å². The molecule has 0 radical (unpaired) electrons. The van der Waals surface area contributed by atoms with Gasteiger partial charge in [0, 0.05) is 9.35 Å². The Bertz CT molecular complexity index is 471. The highest BCUT2D eigenvalue weighted by Crippen LogP contribution is 2.40. The summed E-state index contributed by atoms with van der Waals surface area (Å²) in [6, 6.07) is 10.4. The summed E-state index contributed by atoms with van der Waals surface area (Å²) >= 11 is 15.1. The summed E-state index contributed by atoms with van der Waals surface area (Å²) in [7, 11) is 0. The zero-order valence-corrected chi connectivity index (χ0v) is 13.3. The molecule has 1 atom stereocenters. The fraction of sp³-hybridized carbons (Fsp3) is 0.167. The Morgan fingerprint density at radius 3 is 2.31 bits per heavy atom. The summed E-state index contributed by atoms with van der Waals surface area (Å²) in [6.07, 6.45) is 0. The number of alkyl halides is 1. The van der Waals surface area contributed by atoms with Gasteiger partial charge in [-0.2, -0.15) is 0 Å². The van der Waals surface area contributed by atoms with Crippen LogP contribution in [0.3, 0.4) is 0 Å². The summed E-state index contributed by atoms with van der Waals surface area (Å²) in [5, 5.41) is -0.0757. The molecule has 2 aromatic rings. The minimum Gasteiger partial charge on any atom is -0.130 e. The van der Waals surface area contributed by atoms with E-state index in [1.807, 2.05) is 0 Å². The molecular formula is C12H9Br2ClS. The molecule has 1 aromatic heterocycles. The van der Waals surface area contributed by atoms with Gasteiger partial charge in [0.05, 0.1) is 9.16 Å². The first-order valence-electron chi connectivity index (χ1n) is 4.73. The van der Waals surface area contributed by atoms with Crippen molar-refractivity contribution in [3.63, 3.8) is 0 Å². The second kappa shape index (κ2) is 5.21. The fourth-order valence-corrected chi connectivity index (χ4v) is 3.83. The van der Waals surface area contributed by atoms with E-state index >= 15 is 0 Å². The largest absolute Gasteiger partial charge is 0.130 e. The maximum atomic E-state index is 6.44. The van der Waals surface area contributed by atoms with Crippen molar-refractivity contribution in [2.45, 2.75) is 12.3 Å². The zero-order chi connectivity index (χ0) is 11.7. The highest BCUT2D eigenvalue weighted by molar-refractivity contribution is 9.13. The molecule has 0 spiro atoms. The lowest BCUT2D eigenvalue weighted by Crippen LogP contribution is -1.89. The number of rotatable bonds is 2. The number of halogens is 3. The average molecular weight is 381 g/mol. The Morgan fingerprint density at radius 1 is 1.19 bits per heavy atom. The van der Waals surface area contributed by atoms with Crippen LogP contribution in [0.25, 0.3) is 0 Å². The summed E-state index contributed by atoms with van der Waals surface area (Å²) in [6.45, 7) is 2.07. The van der Waals surface area contributed by atoms with Crippen molar-refractivity contribution in [2.24, 2.45) is 0 Å². The van der Waals surface area contributed by atoms with Crippen LogP contribution in [-0.2, 0) is 0 Å². The lowest BCUT2D eigenvalue weighted by Gasteiger charge is -2.07. The molecule has 0 aliphatic carbocycles. The molecular weight excluding hydrogens is 371 g/mol. The number of thiophene rings is 1. The van der Waals surface area contributed by atoms with E-state index in [2.05, 4.69) is 69.1 Å². The van der Waals surface area contributed by atoms with Crippen LogP contribution in [0.1, 0.15) is 21.4 Å². The summed E-state index contributed by atoms with van der Waals surface area (Å²) < 4.78 is 2.14. The van der Waals surface area contributed by atoms with Crippen LogP contribution >= 0.6 is 54.8 Å². The van der Waals surface area contributed by atoms with Crippen molar-refractivity contribution in [3.05, 3.63) is 54.6 Å². The molecule has 0 saturated heterocycles. The molecule has 0 fully saturated rings. The Hall–Kier alpha value is 0.170. The molecule has 1 heterocycles. The van der Waals surface area contributed by atoms with Gasteiger partial charge in [-0.1, -0.05) is 29.8 Å². The van der Waals surface area contributed by atoms with Gasteiger partial charge in [0.15, 0.2) is 0 Å². The molecule has 0 nitrogen and oxygen atoms in total. The first-order valence-corrected chi connectivity index (χ1v) is 7.57. The second-order valence-electron chi connectivity index (χ2n) is 3.54. The number of hydrogen-bond donors (Lipinski definition) is 0. The van der Waals surface area contributed by atoms with Crippen LogP contribution in [-0.4, -0.2) is 0 Å². The van der Waals surface area contributed by atoms with Gasteiger partial charge in [0.25, 0.3) is 0 Å². The van der Waals surface area contributed by atoms with Crippen molar-refractivity contribution in [1.82, 2.24) is 0 Å². The van der Waals surface area contributed by atoms with E-state index in [9.17, 15) is 0 Å². The third kappa shape index (κ3) is 2.70. The predicted octanol–water partition coefficient (Wildman–Crippen LogP) is 5.91. The van der Waals surface area contributed by atoms with Crippen LogP contribution in [0.5, 0.6) is 0 Å². The molecule has 4 heteroatoms. The van der Waals surface area contributed by atoms with Gasteiger partial charge in [-0.05, 0) is 50.4 Å². The molecule has 2 rings (SSSR count). The number of aryl methyl sites for hydroxylation is 1. The lowest BCUT2D eigenvalue weighted by atomic mass is 10.1. The van der Waals surface area contributed by atoms with Crippen molar-refractivity contribution < 1.29 is 0 Å². The van der Waals surface area contributed by atoms with Crippen LogP contribution in [0.4, 0.5) is 0 Å². The van der Waals surface area contributed by atoms with E-state index in [-0.39, 0.29) is 5.38 Å². The average Bonchev–Trinajstić information content (AvgIpc) is 2.59. The molecule has 0 N–H and O–H groups in total. The molecule has 84 valence electrons. The maximum Gasteiger partial charge on any atom is 0.0928 e. The van der Waals surface area contributed by atoms with E-state index in [0.717, 1.165) is 18.7 Å². The molecule has 1 aromatic carbocycles. The molecule has 0 aliphatic heterocycles. The normalized spacial score (nSPS) is 12.8. The fourth-order valence-electron chi connectivity index (χ4n) is 1.39. The molecule has 0 aliphatic rings. The predicted molar refractivity (Wildman–Crippen MR) is 78.6 cm³/mol. The Balaban J connectivity index is 2.31. The lowest BCUT2D eigenvalue weighted by molar-refractivity contribution is 1.18. The molecule has 0 amide bonds. The molecule has 0 saturated carbocycles. The standard InChI is InChI=1S/C12H9Br2ClS/c1-7-2-4-8(5-3-7)11(15)10-6-9(13)12(14)16-10/h2-6,11H,1H3. The second-order valence-corrected chi connectivity index (χ2v) is 7.24. The van der Waals surface area contributed by atoms with Crippen molar-refractivity contribution in [3.8, 4) is 0 Å². The summed E-state index contributed by atoms with van der Waals surface area (Å²) in [5.41, 5.74) is 2.38. The van der Waals surface area contributed by atoms with E-state index < -0.39 is 0 Å². The molecule has 1 unspecified atom stereocenters. The van der Waals surface area contributed by atoms with Gasteiger partial charge in [0.2, 0.25) is 0 Å². The van der Waals surface area contributed by atoms with E-state index in [0.29, 0.717) is 0 Å². The van der Waals surface area contributed by atoms with Gasteiger partial charge in [0.1, 0.15) is 0 Å². The van der Waals surface area contributed by atoms with Gasteiger partial charge in [-0.15, -0.1) is 22.9 Å². The minimum absolute atomic E-state index is 0.0757. The van der Waals surface area contributed by atoms with Crippen LogP contribution in [0.15, 0.2) is 38.6 Å². The Kier molecular flexibility index (Phi) is 4.11. The van der Waals surface area contributed by atoms with Crippen molar-refractivity contribution in [2.75, 3.05) is 0 Å². The zero-order valence-electron chi connectivity index (χ0n) is 8.51. The first kappa shape index (κ1) is 12.6. The number of hydrogen-bond acceptors (Lipinski definition) is 1. The van der Waals surface area contributed by atoms with Crippen LogP contribution in [0, 0.1) is 6.92 Å². The topological polar surface area (TPSA) is 0 Å². The number of benzene rings is 1. The Labute approximate surface area is 121 Å². The van der Waals surface area contributed by atoms with Gasteiger partial charge in [-0.25, -0.2) is 0 Å². The van der Waals surface area contributed by atoms with Crippen molar-refractivity contribution >= 4 is 54.8 Å². The summed E-state index contributed by atoms with van der Waals surface area (Å²) in [5.74, 6) is 0. The maximum absolute atomic E-state index is 6.44. The van der Waals surface area contributed by atoms with E-state index in [4.69, 9.17) is 11.6 Å². The van der Waals surface area contributed by atoms with Gasteiger partial charge >= 0.3 is 0 Å². The SMILES string of the molecule is Cc1ccc(C(Cl)c2cc(Br)c(Br)s2)cc1. The third-order valence-electron chi connectivity index (χ3n) is 2.28. The quantitative estimate of drug-likeness (QED) is 0.568. The smallest absolute Gasteiger partial charge is 0.0928 e. The first-order chi connectivity index (χ1) is 7.58. The van der Waals surface area contributed by atoms with Gasteiger partial charge < -0.3 is 0 Å². The third-order valence-corrected chi connectivity index (χ3v) is 6.22. The van der Waals surface area contributed by atoms with E-state index in [1.54, 1.807) is 11.3 Å². The highest BCUT2D eigenvalue weighted by Gasteiger charge is 2.14. The minimum atomic E-state index is -0.0757. The van der Waals surface area contributed by atoms with Crippen molar-refractivity contribution in [1.29, 1.82) is 0 Å². The van der Waals surface area contributed by atoms with Gasteiger partial charge in [-0.3, -0.25) is 0 Å². The highest BCUT2D eigenvalue weighted by atomic mass is 79.9. The van der Waals surface area contributed by atoms with E-state index in [1.165, 1.54) is 5.56 Å². The molecule has 16 heavy (non-hydrogen) atoms. The van der Waals surface area contributed by atoms with Crippen LogP contribution < -0.4 is 0 Å².